The molecule has 0 spiro atoms. The minimum absolute atomic E-state index is 0.367. The molecule has 0 fully saturated rings. The molecule has 2 aromatic carbocycles. The molecule has 2 aromatic rings. The van der Waals surface area contributed by atoms with Gasteiger partial charge in [-0.15, -0.1) is 0 Å². The van der Waals surface area contributed by atoms with E-state index in [1.54, 1.807) is 6.07 Å². The first-order chi connectivity index (χ1) is 9.31. The van der Waals surface area contributed by atoms with E-state index in [4.69, 9.17) is 9.47 Å². The van der Waals surface area contributed by atoms with Crippen LogP contribution in [0.15, 0.2) is 54.6 Å². The van der Waals surface area contributed by atoms with Crippen molar-refractivity contribution in [2.75, 3.05) is 6.61 Å². The number of carbonyl (C=O) groups is 1. The van der Waals surface area contributed by atoms with E-state index in [0.717, 1.165) is 17.5 Å². The molecule has 98 valence electrons. The number of carbonyl (C=O) groups excluding carboxylic acids is 1. The molecule has 2 rings (SSSR count). The first kappa shape index (κ1) is 13.1. The molecule has 0 atom stereocenters. The second-order valence-electron chi connectivity index (χ2n) is 4.06. The Kier molecular flexibility index (Phi) is 4.56. The molecule has 0 heterocycles. The first-order valence-electron chi connectivity index (χ1n) is 6.30. The van der Waals surface area contributed by atoms with Crippen molar-refractivity contribution in [2.45, 2.75) is 13.3 Å². The number of hydrogen-bond donors (Lipinski definition) is 0. The highest BCUT2D eigenvalue weighted by molar-refractivity contribution is 5.74. The van der Waals surface area contributed by atoms with Crippen LogP contribution >= 0.6 is 0 Å². The summed E-state index contributed by atoms with van der Waals surface area (Å²) in [5, 5.41) is 0. The first-order valence-corrected chi connectivity index (χ1v) is 6.30. The van der Waals surface area contributed by atoms with Crippen molar-refractivity contribution in [1.29, 1.82) is 0 Å². The fourth-order valence-corrected chi connectivity index (χ4v) is 1.72. The Bertz CT molecular complexity index is 535. The molecule has 3 heteroatoms. The fourth-order valence-electron chi connectivity index (χ4n) is 1.72. The largest absolute Gasteiger partial charge is 0.513 e. The highest BCUT2D eigenvalue weighted by Gasteiger charge is 2.10. The lowest BCUT2D eigenvalue weighted by Crippen LogP contribution is -2.11. The van der Waals surface area contributed by atoms with Crippen molar-refractivity contribution in [3.63, 3.8) is 0 Å². The molecule has 0 aliphatic carbocycles. The zero-order valence-electron chi connectivity index (χ0n) is 10.8. The van der Waals surface area contributed by atoms with Crippen LogP contribution in [0.4, 0.5) is 4.79 Å². The molecule has 0 aliphatic heterocycles. The van der Waals surface area contributed by atoms with Gasteiger partial charge in [-0.05, 0) is 18.1 Å². The Morgan fingerprint density at radius 1 is 1.00 bits per heavy atom. The van der Waals surface area contributed by atoms with E-state index in [-0.39, 0.29) is 0 Å². The summed E-state index contributed by atoms with van der Waals surface area (Å²) in [5.74, 6) is 0.509. The molecule has 0 unspecified atom stereocenters. The SMILES string of the molecule is CCCOC(=O)Oc1ccccc1-c1ccccc1. The van der Waals surface area contributed by atoms with Gasteiger partial charge in [-0.2, -0.15) is 0 Å². The van der Waals surface area contributed by atoms with Crippen LogP contribution in [0.1, 0.15) is 13.3 Å². The van der Waals surface area contributed by atoms with Gasteiger partial charge in [0.2, 0.25) is 0 Å². The Morgan fingerprint density at radius 2 is 1.68 bits per heavy atom. The van der Waals surface area contributed by atoms with Crippen molar-refractivity contribution in [3.05, 3.63) is 54.6 Å². The average molecular weight is 256 g/mol. The molecule has 0 bridgehead atoms. The van der Waals surface area contributed by atoms with Crippen LogP contribution in [0.3, 0.4) is 0 Å². The van der Waals surface area contributed by atoms with Gasteiger partial charge in [0.15, 0.2) is 0 Å². The molecule has 0 radical (unpaired) electrons. The van der Waals surface area contributed by atoms with Gasteiger partial charge in [0.25, 0.3) is 0 Å². The second-order valence-corrected chi connectivity index (χ2v) is 4.06. The summed E-state index contributed by atoms with van der Waals surface area (Å²) in [5.41, 5.74) is 1.87. The van der Waals surface area contributed by atoms with E-state index in [1.165, 1.54) is 0 Å². The number of ether oxygens (including phenoxy) is 2. The number of benzene rings is 2. The normalized spacial score (nSPS) is 9.95. The van der Waals surface area contributed by atoms with Crippen LogP contribution in [0, 0.1) is 0 Å². The minimum atomic E-state index is -0.662. The van der Waals surface area contributed by atoms with E-state index in [2.05, 4.69) is 0 Å². The second kappa shape index (κ2) is 6.59. The third kappa shape index (κ3) is 3.58. The molecule has 0 amide bonds. The molecule has 0 saturated heterocycles. The number of hydrogen-bond acceptors (Lipinski definition) is 3. The van der Waals surface area contributed by atoms with Gasteiger partial charge in [0.05, 0.1) is 6.61 Å². The van der Waals surface area contributed by atoms with Crippen LogP contribution in [0.25, 0.3) is 11.1 Å². The van der Waals surface area contributed by atoms with Crippen LogP contribution in [0.2, 0.25) is 0 Å². The third-order valence-corrected chi connectivity index (χ3v) is 2.59. The Balaban J connectivity index is 2.20. The van der Waals surface area contributed by atoms with E-state index in [0.29, 0.717) is 12.4 Å². The zero-order chi connectivity index (χ0) is 13.5. The maximum absolute atomic E-state index is 11.5. The topological polar surface area (TPSA) is 35.5 Å². The summed E-state index contributed by atoms with van der Waals surface area (Å²) in [7, 11) is 0. The smallest absolute Gasteiger partial charge is 0.434 e. The Morgan fingerprint density at radius 3 is 2.42 bits per heavy atom. The fraction of sp³-hybridized carbons (Fsp3) is 0.188. The van der Waals surface area contributed by atoms with Gasteiger partial charge >= 0.3 is 6.16 Å². The lowest BCUT2D eigenvalue weighted by Gasteiger charge is -2.10. The van der Waals surface area contributed by atoms with Crippen molar-refractivity contribution in [2.24, 2.45) is 0 Å². The molecule has 0 saturated carbocycles. The molecule has 0 N–H and O–H groups in total. The van der Waals surface area contributed by atoms with Crippen LogP contribution in [-0.4, -0.2) is 12.8 Å². The number of para-hydroxylation sites is 1. The summed E-state index contributed by atoms with van der Waals surface area (Å²) in [6.45, 7) is 2.30. The molecule has 19 heavy (non-hydrogen) atoms. The summed E-state index contributed by atoms with van der Waals surface area (Å²) >= 11 is 0. The summed E-state index contributed by atoms with van der Waals surface area (Å²) < 4.78 is 10.2. The van der Waals surface area contributed by atoms with E-state index < -0.39 is 6.16 Å². The Hall–Kier alpha value is -2.29. The molecule has 0 aromatic heterocycles. The van der Waals surface area contributed by atoms with Gasteiger partial charge in [-0.1, -0.05) is 55.5 Å². The van der Waals surface area contributed by atoms with Crippen LogP contribution in [0.5, 0.6) is 5.75 Å². The highest BCUT2D eigenvalue weighted by Crippen LogP contribution is 2.29. The summed E-state index contributed by atoms with van der Waals surface area (Å²) in [4.78, 5) is 11.5. The van der Waals surface area contributed by atoms with Gasteiger partial charge in [-0.3, -0.25) is 0 Å². The summed E-state index contributed by atoms with van der Waals surface area (Å²) in [6, 6.07) is 17.2. The van der Waals surface area contributed by atoms with Crippen LogP contribution in [-0.2, 0) is 4.74 Å². The standard InChI is InChI=1S/C16H16O3/c1-2-12-18-16(17)19-15-11-7-6-10-14(15)13-8-4-3-5-9-13/h3-11H,2,12H2,1H3. The average Bonchev–Trinajstić information content (AvgIpc) is 2.46. The predicted molar refractivity (Wildman–Crippen MR) is 74.1 cm³/mol. The van der Waals surface area contributed by atoms with E-state index >= 15 is 0 Å². The van der Waals surface area contributed by atoms with Gasteiger partial charge in [0.1, 0.15) is 5.75 Å². The predicted octanol–water partition coefficient (Wildman–Crippen LogP) is 4.28. The molecular formula is C16H16O3. The van der Waals surface area contributed by atoms with Crippen molar-refractivity contribution < 1.29 is 14.3 Å². The van der Waals surface area contributed by atoms with Crippen LogP contribution < -0.4 is 4.74 Å². The molecule has 3 nitrogen and oxygen atoms in total. The lowest BCUT2D eigenvalue weighted by molar-refractivity contribution is 0.0993. The Labute approximate surface area is 112 Å². The van der Waals surface area contributed by atoms with Gasteiger partial charge in [0, 0.05) is 5.56 Å². The van der Waals surface area contributed by atoms with Crippen molar-refractivity contribution >= 4 is 6.16 Å². The molecular weight excluding hydrogens is 240 g/mol. The zero-order valence-corrected chi connectivity index (χ0v) is 10.8. The van der Waals surface area contributed by atoms with Gasteiger partial charge < -0.3 is 9.47 Å². The molecule has 0 aliphatic rings. The number of rotatable bonds is 4. The van der Waals surface area contributed by atoms with Gasteiger partial charge in [-0.25, -0.2) is 4.79 Å². The lowest BCUT2D eigenvalue weighted by atomic mass is 10.1. The third-order valence-electron chi connectivity index (χ3n) is 2.59. The van der Waals surface area contributed by atoms with E-state index in [1.807, 2.05) is 55.5 Å². The highest BCUT2D eigenvalue weighted by atomic mass is 16.7. The van der Waals surface area contributed by atoms with Crippen molar-refractivity contribution in [3.8, 4) is 16.9 Å². The minimum Gasteiger partial charge on any atom is -0.434 e. The van der Waals surface area contributed by atoms with E-state index in [9.17, 15) is 4.79 Å². The quantitative estimate of drug-likeness (QED) is 0.605. The maximum atomic E-state index is 11.5. The maximum Gasteiger partial charge on any atom is 0.513 e. The van der Waals surface area contributed by atoms with Crippen molar-refractivity contribution in [1.82, 2.24) is 0 Å². The monoisotopic (exact) mass is 256 g/mol. The summed E-state index contributed by atoms with van der Waals surface area (Å²) in [6.07, 6.45) is 0.111.